The maximum Gasteiger partial charge on any atom is 0.124 e. The molecule has 0 spiro atoms. The topological polar surface area (TPSA) is 12.0 Å². The van der Waals surface area contributed by atoms with Crippen molar-refractivity contribution in [1.82, 2.24) is 5.32 Å². The van der Waals surface area contributed by atoms with E-state index in [0.717, 1.165) is 24.9 Å². The van der Waals surface area contributed by atoms with E-state index in [1.165, 1.54) is 31.7 Å². The Labute approximate surface area is 126 Å². The van der Waals surface area contributed by atoms with E-state index in [4.69, 9.17) is 11.6 Å². The molecule has 0 unspecified atom stereocenters. The summed E-state index contributed by atoms with van der Waals surface area (Å²) >= 11 is 6.35. The predicted molar refractivity (Wildman–Crippen MR) is 83.9 cm³/mol. The third kappa shape index (κ3) is 3.73. The molecule has 0 radical (unpaired) electrons. The van der Waals surface area contributed by atoms with Crippen LogP contribution in [0.4, 0.5) is 4.39 Å². The summed E-state index contributed by atoms with van der Waals surface area (Å²) in [7, 11) is 0. The lowest BCUT2D eigenvalue weighted by Crippen LogP contribution is -2.41. The zero-order chi connectivity index (χ0) is 14.6. The second-order valence-corrected chi connectivity index (χ2v) is 6.76. The Morgan fingerprint density at radius 1 is 1.20 bits per heavy atom. The van der Waals surface area contributed by atoms with Gasteiger partial charge in [-0.3, -0.25) is 0 Å². The summed E-state index contributed by atoms with van der Waals surface area (Å²) in [4.78, 5) is 0. The van der Waals surface area contributed by atoms with E-state index in [-0.39, 0.29) is 11.2 Å². The van der Waals surface area contributed by atoms with E-state index in [2.05, 4.69) is 19.2 Å². The highest BCUT2D eigenvalue weighted by Gasteiger charge is 2.34. The first-order valence-corrected chi connectivity index (χ1v) is 8.10. The standard InChI is InChI=1S/C17H25ClFN/c1-13(2)20-12-17(9-5-3-4-6-10-17)15-8-7-14(19)11-16(15)18/h7-8,11,13,20H,3-6,9-10,12H2,1-2H3. The maximum atomic E-state index is 13.3. The summed E-state index contributed by atoms with van der Waals surface area (Å²) in [6.45, 7) is 5.25. The normalized spacial score (nSPS) is 19.1. The van der Waals surface area contributed by atoms with Gasteiger partial charge in [-0.1, -0.05) is 57.2 Å². The minimum absolute atomic E-state index is 0.0611. The lowest BCUT2D eigenvalue weighted by Gasteiger charge is -2.35. The minimum atomic E-state index is -0.251. The number of hydrogen-bond acceptors (Lipinski definition) is 1. The van der Waals surface area contributed by atoms with Crippen LogP contribution in [0.15, 0.2) is 18.2 Å². The van der Waals surface area contributed by atoms with Crippen LogP contribution in [-0.4, -0.2) is 12.6 Å². The van der Waals surface area contributed by atoms with Crippen molar-refractivity contribution >= 4 is 11.6 Å². The first-order valence-electron chi connectivity index (χ1n) is 7.72. The Bertz CT molecular complexity index is 437. The van der Waals surface area contributed by atoms with E-state index in [9.17, 15) is 4.39 Å². The van der Waals surface area contributed by atoms with Gasteiger partial charge in [-0.15, -0.1) is 0 Å². The van der Waals surface area contributed by atoms with Crippen LogP contribution in [0, 0.1) is 5.82 Å². The molecule has 20 heavy (non-hydrogen) atoms. The number of hydrogen-bond donors (Lipinski definition) is 1. The first kappa shape index (κ1) is 15.8. The van der Waals surface area contributed by atoms with Gasteiger partial charge in [0.25, 0.3) is 0 Å². The molecule has 2 rings (SSSR count). The Morgan fingerprint density at radius 3 is 2.40 bits per heavy atom. The molecule has 0 atom stereocenters. The summed E-state index contributed by atoms with van der Waals surface area (Å²) in [5.41, 5.74) is 1.18. The van der Waals surface area contributed by atoms with Gasteiger partial charge < -0.3 is 5.32 Å². The van der Waals surface area contributed by atoms with Gasteiger partial charge in [0.05, 0.1) is 0 Å². The zero-order valence-electron chi connectivity index (χ0n) is 12.5. The summed E-state index contributed by atoms with van der Waals surface area (Å²) < 4.78 is 13.3. The van der Waals surface area contributed by atoms with Crippen LogP contribution in [0.2, 0.25) is 5.02 Å². The van der Waals surface area contributed by atoms with Crippen molar-refractivity contribution in [3.05, 3.63) is 34.6 Å². The smallest absolute Gasteiger partial charge is 0.124 e. The third-order valence-corrected chi connectivity index (χ3v) is 4.72. The fraction of sp³-hybridized carbons (Fsp3) is 0.647. The molecule has 0 amide bonds. The van der Waals surface area contributed by atoms with E-state index in [1.807, 2.05) is 6.07 Å². The first-order chi connectivity index (χ1) is 9.53. The van der Waals surface area contributed by atoms with Gasteiger partial charge in [-0.2, -0.15) is 0 Å². The molecular weight excluding hydrogens is 273 g/mol. The van der Waals surface area contributed by atoms with Gasteiger partial charge >= 0.3 is 0 Å². The summed E-state index contributed by atoms with van der Waals surface area (Å²) in [5.74, 6) is -0.251. The third-order valence-electron chi connectivity index (χ3n) is 4.41. The summed E-state index contributed by atoms with van der Waals surface area (Å²) in [6.07, 6.45) is 7.32. The average molecular weight is 298 g/mol. The minimum Gasteiger partial charge on any atom is -0.314 e. The van der Waals surface area contributed by atoms with E-state index in [0.29, 0.717) is 11.1 Å². The van der Waals surface area contributed by atoms with Crippen LogP contribution < -0.4 is 5.32 Å². The number of halogens is 2. The molecular formula is C17H25ClFN. The molecule has 0 bridgehead atoms. The molecule has 0 heterocycles. The Hall–Kier alpha value is -0.600. The molecule has 0 aliphatic heterocycles. The molecule has 1 aromatic rings. The molecule has 1 aromatic carbocycles. The van der Waals surface area contributed by atoms with Crippen LogP contribution in [0.3, 0.4) is 0 Å². The second-order valence-electron chi connectivity index (χ2n) is 6.35. The monoisotopic (exact) mass is 297 g/mol. The van der Waals surface area contributed by atoms with Crippen LogP contribution in [0.5, 0.6) is 0 Å². The lowest BCUT2D eigenvalue weighted by atomic mass is 9.74. The Balaban J connectivity index is 2.33. The van der Waals surface area contributed by atoms with Gasteiger partial charge in [-0.05, 0) is 30.5 Å². The Morgan fingerprint density at radius 2 is 1.85 bits per heavy atom. The molecule has 1 aliphatic carbocycles. The maximum absolute atomic E-state index is 13.3. The van der Waals surface area contributed by atoms with Gasteiger partial charge in [-0.25, -0.2) is 4.39 Å². The molecule has 1 fully saturated rings. The highest BCUT2D eigenvalue weighted by molar-refractivity contribution is 6.31. The van der Waals surface area contributed by atoms with Gasteiger partial charge in [0, 0.05) is 23.0 Å². The van der Waals surface area contributed by atoms with Gasteiger partial charge in [0.2, 0.25) is 0 Å². The van der Waals surface area contributed by atoms with E-state index < -0.39 is 0 Å². The highest BCUT2D eigenvalue weighted by Crippen LogP contribution is 2.41. The predicted octanol–water partition coefficient (Wildman–Crippen LogP) is 5.07. The van der Waals surface area contributed by atoms with Crippen LogP contribution in [0.1, 0.15) is 57.9 Å². The summed E-state index contributed by atoms with van der Waals surface area (Å²) in [6, 6.07) is 5.35. The van der Waals surface area contributed by atoms with Crippen molar-refractivity contribution in [2.24, 2.45) is 0 Å². The largest absolute Gasteiger partial charge is 0.314 e. The highest BCUT2D eigenvalue weighted by atomic mass is 35.5. The Kier molecular flexibility index (Phi) is 5.45. The SMILES string of the molecule is CC(C)NCC1(c2ccc(F)cc2Cl)CCCCCC1. The van der Waals surface area contributed by atoms with Crippen molar-refractivity contribution in [3.63, 3.8) is 0 Å². The number of benzene rings is 1. The number of nitrogens with one attached hydrogen (secondary N) is 1. The van der Waals surface area contributed by atoms with Crippen molar-refractivity contribution in [1.29, 1.82) is 0 Å². The van der Waals surface area contributed by atoms with Crippen molar-refractivity contribution in [2.45, 2.75) is 63.8 Å². The van der Waals surface area contributed by atoms with Crippen molar-refractivity contribution in [2.75, 3.05) is 6.54 Å². The van der Waals surface area contributed by atoms with E-state index in [1.54, 1.807) is 6.07 Å². The van der Waals surface area contributed by atoms with Crippen LogP contribution in [0.25, 0.3) is 0 Å². The fourth-order valence-electron chi connectivity index (χ4n) is 3.27. The second kappa shape index (κ2) is 6.91. The number of rotatable bonds is 4. The molecule has 1 N–H and O–H groups in total. The average Bonchev–Trinajstić information content (AvgIpc) is 2.63. The van der Waals surface area contributed by atoms with Crippen molar-refractivity contribution in [3.8, 4) is 0 Å². The lowest BCUT2D eigenvalue weighted by molar-refractivity contribution is 0.335. The van der Waals surface area contributed by atoms with E-state index >= 15 is 0 Å². The molecule has 1 saturated carbocycles. The molecule has 3 heteroatoms. The quantitative estimate of drug-likeness (QED) is 0.765. The molecule has 1 nitrogen and oxygen atoms in total. The fourth-order valence-corrected chi connectivity index (χ4v) is 3.63. The van der Waals surface area contributed by atoms with Crippen LogP contribution >= 0.6 is 11.6 Å². The van der Waals surface area contributed by atoms with Crippen LogP contribution in [-0.2, 0) is 5.41 Å². The zero-order valence-corrected chi connectivity index (χ0v) is 13.3. The van der Waals surface area contributed by atoms with Gasteiger partial charge in [0.1, 0.15) is 5.82 Å². The van der Waals surface area contributed by atoms with Crippen molar-refractivity contribution < 1.29 is 4.39 Å². The molecule has 112 valence electrons. The molecule has 0 aromatic heterocycles. The molecule has 1 aliphatic rings. The van der Waals surface area contributed by atoms with Gasteiger partial charge in [0.15, 0.2) is 0 Å². The molecule has 0 saturated heterocycles. The summed E-state index contributed by atoms with van der Waals surface area (Å²) in [5, 5.41) is 4.15.